The molecule has 0 heterocycles. The van der Waals surface area contributed by atoms with Gasteiger partial charge in [-0.15, -0.1) is 0 Å². The highest BCUT2D eigenvalue weighted by atomic mass is 15.2. The molecule has 0 aromatic heterocycles. The largest absolute Gasteiger partial charge is 0.310 e. The molecule has 0 aliphatic heterocycles. The second-order valence-corrected chi connectivity index (χ2v) is 24.5. The van der Waals surface area contributed by atoms with Crippen LogP contribution in [0.15, 0.2) is 388 Å². The van der Waals surface area contributed by atoms with Crippen molar-refractivity contribution in [3.05, 3.63) is 388 Å². The zero-order chi connectivity index (χ0) is 63.7. The monoisotopic (exact) mass is 1220 g/mol. The first-order chi connectivity index (χ1) is 47.6. The number of nitrogens with zero attached hydrogens (tertiary/aromatic N) is 4. The van der Waals surface area contributed by atoms with Gasteiger partial charge in [0.2, 0.25) is 0 Å². The molecule has 0 saturated heterocycles. The Hall–Kier alpha value is -12.8. The van der Waals surface area contributed by atoms with Gasteiger partial charge in [0.25, 0.3) is 0 Å². The molecule has 0 fully saturated rings. The van der Waals surface area contributed by atoms with E-state index < -0.39 is 0 Å². The predicted molar refractivity (Wildman–Crippen MR) is 409 cm³/mol. The summed E-state index contributed by atoms with van der Waals surface area (Å²) in [6, 6.07) is 141. The third kappa shape index (κ3) is 11.0. The Morgan fingerprint density at radius 1 is 0.135 bits per heavy atom. The van der Waals surface area contributed by atoms with E-state index in [1.165, 1.54) is 54.6 Å². The maximum absolute atomic E-state index is 2.41. The van der Waals surface area contributed by atoms with Crippen molar-refractivity contribution in [2.45, 2.75) is 0 Å². The Kier molecular flexibility index (Phi) is 14.9. The van der Waals surface area contributed by atoms with Gasteiger partial charge in [-0.1, -0.05) is 249 Å². The van der Waals surface area contributed by atoms with E-state index in [1.807, 2.05) is 0 Å². The van der Waals surface area contributed by atoms with E-state index >= 15 is 0 Å². The molecule has 0 spiro atoms. The minimum atomic E-state index is 1.06. The minimum absolute atomic E-state index is 1.06. The third-order valence-electron chi connectivity index (χ3n) is 18.7. The Labute approximate surface area is 560 Å². The molecule has 17 aromatic rings. The van der Waals surface area contributed by atoms with Crippen molar-refractivity contribution in [2.75, 3.05) is 19.6 Å². The molecule has 0 saturated carbocycles. The van der Waals surface area contributed by atoms with Crippen LogP contribution in [-0.4, -0.2) is 0 Å². The number of anilines is 12. The van der Waals surface area contributed by atoms with Crippen LogP contribution in [0, 0.1) is 0 Å². The van der Waals surface area contributed by atoms with Crippen LogP contribution in [0.25, 0.3) is 87.2 Å². The van der Waals surface area contributed by atoms with E-state index in [0.29, 0.717) is 0 Å². The van der Waals surface area contributed by atoms with Crippen molar-refractivity contribution in [2.24, 2.45) is 0 Å². The van der Waals surface area contributed by atoms with Crippen LogP contribution < -0.4 is 19.6 Å². The van der Waals surface area contributed by atoms with Crippen LogP contribution in [0.2, 0.25) is 0 Å². The molecule has 0 N–H and O–H groups in total. The second-order valence-electron chi connectivity index (χ2n) is 24.5. The SMILES string of the molecule is c1ccc(-c2cccc(N(c3ccc(-c4cccc5cc(N(c6ccccc6)c6ccc7cc(N(c8ccccc8)c8ccc9ccccc9c8)ccc7c6)ccc45)cc3)c3ccc4cc(N(c5ccccc5)c5cccc(-c6ccccc6)c5)c5ccccc5c4c3)c2)cc1. The fourth-order valence-corrected chi connectivity index (χ4v) is 14.1. The number of hydrogen-bond acceptors (Lipinski definition) is 4. The van der Waals surface area contributed by atoms with E-state index in [-0.39, 0.29) is 0 Å². The summed E-state index contributed by atoms with van der Waals surface area (Å²) in [6.45, 7) is 0. The van der Waals surface area contributed by atoms with Crippen LogP contribution in [0.1, 0.15) is 0 Å². The maximum Gasteiger partial charge on any atom is 0.0546 e. The van der Waals surface area contributed by atoms with Gasteiger partial charge >= 0.3 is 0 Å². The van der Waals surface area contributed by atoms with Crippen molar-refractivity contribution >= 4 is 122 Å². The van der Waals surface area contributed by atoms with Crippen LogP contribution in [-0.2, 0) is 0 Å². The Bertz CT molecular complexity index is 5660. The van der Waals surface area contributed by atoms with E-state index in [9.17, 15) is 0 Å². The number of rotatable bonds is 15. The average molecular weight is 1230 g/mol. The van der Waals surface area contributed by atoms with E-state index in [0.717, 1.165) is 101 Å². The molecular formula is C92H64N4. The molecule has 0 unspecified atom stereocenters. The first-order valence-electron chi connectivity index (χ1n) is 32.9. The summed E-state index contributed by atoms with van der Waals surface area (Å²) < 4.78 is 0. The number of fused-ring (bicyclic) bond motifs is 6. The predicted octanol–water partition coefficient (Wildman–Crippen LogP) is 26.3. The summed E-state index contributed by atoms with van der Waals surface area (Å²) >= 11 is 0. The van der Waals surface area contributed by atoms with Crippen LogP contribution in [0.4, 0.5) is 68.2 Å². The topological polar surface area (TPSA) is 13.0 Å². The lowest BCUT2D eigenvalue weighted by atomic mass is 9.96. The molecule has 0 atom stereocenters. The quantitative estimate of drug-likeness (QED) is 0.0949. The molecular weight excluding hydrogens is 1160 g/mol. The summed E-state index contributed by atoms with van der Waals surface area (Å²) in [6.07, 6.45) is 0. The average Bonchev–Trinajstić information content (AvgIpc) is 0.760. The van der Waals surface area contributed by atoms with Gasteiger partial charge < -0.3 is 19.6 Å². The molecule has 17 aromatic carbocycles. The second kappa shape index (κ2) is 25.0. The number of hydrogen-bond donors (Lipinski definition) is 0. The molecule has 452 valence electrons. The summed E-state index contributed by atoms with van der Waals surface area (Å²) in [7, 11) is 0. The lowest BCUT2D eigenvalue weighted by Gasteiger charge is -2.29. The van der Waals surface area contributed by atoms with E-state index in [4.69, 9.17) is 0 Å². The van der Waals surface area contributed by atoms with Crippen molar-refractivity contribution in [1.29, 1.82) is 0 Å². The fourth-order valence-electron chi connectivity index (χ4n) is 14.1. The fraction of sp³-hybridized carbons (Fsp3) is 0. The van der Waals surface area contributed by atoms with Crippen LogP contribution >= 0.6 is 0 Å². The highest BCUT2D eigenvalue weighted by Gasteiger charge is 2.22. The van der Waals surface area contributed by atoms with Crippen molar-refractivity contribution in [3.63, 3.8) is 0 Å². The normalized spacial score (nSPS) is 11.3. The standard InChI is InChI=1S/C92H64N4/c1-6-23-65(24-7-1)70-29-20-38-80(57-70)95(86-54-48-75-63-92(90-41-19-18-40-89(90)91(75)64-86)96(78-36-14-5-15-37-78)81-39-21-30-71(58-81)66-25-8-2-9-26-66)79-49-44-68(45-50-79)87-42-22-31-74-62-85(55-56-88(74)87)94(77-34-12-4-13-35-77)84-53-47-72-60-83(52-46-73(72)61-84)93(76-32-10-3-11-33-76)82-51-43-67-27-16-17-28-69(67)59-82/h1-64H. The molecule has 0 aliphatic rings. The number of para-hydroxylation sites is 3. The zero-order valence-corrected chi connectivity index (χ0v) is 52.7. The summed E-state index contributed by atoms with van der Waals surface area (Å²) in [5, 5.41) is 11.8. The molecule has 0 aliphatic carbocycles. The van der Waals surface area contributed by atoms with Gasteiger partial charge in [0.1, 0.15) is 0 Å². The van der Waals surface area contributed by atoms with Gasteiger partial charge in [0.15, 0.2) is 0 Å². The summed E-state index contributed by atoms with van der Waals surface area (Å²) in [4.78, 5) is 9.55. The van der Waals surface area contributed by atoms with Gasteiger partial charge in [-0.3, -0.25) is 0 Å². The molecule has 0 radical (unpaired) electrons. The van der Waals surface area contributed by atoms with Crippen molar-refractivity contribution in [3.8, 4) is 33.4 Å². The third-order valence-corrected chi connectivity index (χ3v) is 18.7. The van der Waals surface area contributed by atoms with Gasteiger partial charge in [-0.25, -0.2) is 0 Å². The van der Waals surface area contributed by atoms with Gasteiger partial charge in [0, 0.05) is 67.9 Å². The summed E-state index contributed by atoms with van der Waals surface area (Å²) in [5.74, 6) is 0. The highest BCUT2D eigenvalue weighted by Crippen LogP contribution is 2.47. The van der Waals surface area contributed by atoms with Crippen LogP contribution in [0.5, 0.6) is 0 Å². The smallest absolute Gasteiger partial charge is 0.0546 e. The Morgan fingerprint density at radius 3 is 1.02 bits per heavy atom. The van der Waals surface area contributed by atoms with Crippen molar-refractivity contribution < 1.29 is 0 Å². The first-order valence-corrected chi connectivity index (χ1v) is 32.9. The van der Waals surface area contributed by atoms with Crippen LogP contribution in [0.3, 0.4) is 0 Å². The zero-order valence-electron chi connectivity index (χ0n) is 52.7. The van der Waals surface area contributed by atoms with E-state index in [2.05, 4.69) is 408 Å². The van der Waals surface area contributed by atoms with Crippen molar-refractivity contribution in [1.82, 2.24) is 0 Å². The first kappa shape index (κ1) is 57.2. The van der Waals surface area contributed by atoms with E-state index in [1.54, 1.807) is 0 Å². The molecule has 17 rings (SSSR count). The Balaban J connectivity index is 0.726. The lowest BCUT2D eigenvalue weighted by molar-refractivity contribution is 1.29. The van der Waals surface area contributed by atoms with Gasteiger partial charge in [-0.2, -0.15) is 0 Å². The molecule has 96 heavy (non-hydrogen) atoms. The molecule has 4 heteroatoms. The number of benzene rings is 17. The maximum atomic E-state index is 2.41. The molecule has 4 nitrogen and oxygen atoms in total. The van der Waals surface area contributed by atoms with Gasteiger partial charge in [-0.05, 0) is 221 Å². The van der Waals surface area contributed by atoms with Gasteiger partial charge in [0.05, 0.1) is 5.69 Å². The highest BCUT2D eigenvalue weighted by molar-refractivity contribution is 6.16. The molecule has 0 bridgehead atoms. The molecule has 0 amide bonds. The summed E-state index contributed by atoms with van der Waals surface area (Å²) in [5.41, 5.74) is 20.1. The Morgan fingerprint density at radius 2 is 0.469 bits per heavy atom. The lowest BCUT2D eigenvalue weighted by Crippen LogP contribution is -2.11. The minimum Gasteiger partial charge on any atom is -0.310 e.